The van der Waals surface area contributed by atoms with Crippen LogP contribution in [0.5, 0.6) is 0 Å². The van der Waals surface area contributed by atoms with Crippen LogP contribution in [0.2, 0.25) is 0 Å². The number of benzene rings is 2. The van der Waals surface area contributed by atoms with Crippen LogP contribution >= 0.6 is 0 Å². The maximum absolute atomic E-state index is 15.7. The molecule has 2 aliphatic carbocycles. The molecule has 19 atom stereocenters. The molecule has 4 saturated heterocycles. The minimum atomic E-state index is -1.86. The number of anilines is 1. The lowest BCUT2D eigenvalue weighted by Crippen LogP contribution is -2.68. The number of pyridine rings is 1. The van der Waals surface area contributed by atoms with Crippen molar-refractivity contribution in [3.8, 4) is 0 Å². The van der Waals surface area contributed by atoms with Gasteiger partial charge in [-0.05, 0) is 42.5 Å². The van der Waals surface area contributed by atoms with E-state index in [4.69, 9.17) is 62.8 Å². The SMILES string of the molecule is NC[C@@H]1O[C@@H](O[C@H]2[C@@H](O)[C@H](O[C@@H]3[C@@H](O)[C@H](N)C[C@H](N)[C@H]3O[C@H]3O[C@H](CN)[C@@H](O)[C@H](O)[C@H]3N)O[C@@H]2C(=O)NCc2cn(Cc3cccc(CN4CCN(c5cc6c(cc5F)c(=O)c(C(=O)O)cn6C5CC5)CC4)c3)nn2)[C@H](N)[C@@H](O)[C@@H]1O. The Hall–Kier alpha value is -5.30. The van der Waals surface area contributed by atoms with Crippen molar-refractivity contribution in [3.05, 3.63) is 87.2 Å². The molecule has 6 heterocycles. The highest BCUT2D eigenvalue weighted by atomic mass is 19.1. The summed E-state index contributed by atoms with van der Waals surface area (Å²) in [5.74, 6) is -2.78. The number of halogens is 1. The number of nitrogens with one attached hydrogen (secondary N) is 1. The summed E-state index contributed by atoms with van der Waals surface area (Å²) < 4.78 is 55.1. The number of carbonyl (C=O) groups is 2. The van der Waals surface area contributed by atoms with Gasteiger partial charge in [0.2, 0.25) is 5.43 Å². The summed E-state index contributed by atoms with van der Waals surface area (Å²) in [4.78, 5) is 43.2. The van der Waals surface area contributed by atoms with Gasteiger partial charge in [-0.25, -0.2) is 13.9 Å². The van der Waals surface area contributed by atoms with Crippen molar-refractivity contribution < 1.29 is 78.1 Å². The van der Waals surface area contributed by atoms with Crippen molar-refractivity contribution >= 4 is 28.5 Å². The lowest BCUT2D eigenvalue weighted by Gasteiger charge is -2.47. The van der Waals surface area contributed by atoms with E-state index in [0.29, 0.717) is 56.2 Å². The Kier molecular flexibility index (Phi) is 17.8. The molecule has 29 nitrogen and oxygen atoms in total. The lowest BCUT2D eigenvalue weighted by atomic mass is 9.84. The van der Waals surface area contributed by atoms with Gasteiger partial charge in [0.25, 0.3) is 5.91 Å². The van der Waals surface area contributed by atoms with Crippen LogP contribution in [0.25, 0.3) is 10.9 Å². The number of amides is 1. The number of fused-ring (bicyclic) bond motifs is 1. The molecule has 6 fully saturated rings. The number of carboxylic acid groups (broad SMARTS) is 1. The molecule has 6 aliphatic rings. The van der Waals surface area contributed by atoms with Crippen LogP contribution in [0.4, 0.5) is 10.1 Å². The Morgan fingerprint density at radius 1 is 0.728 bits per heavy atom. The van der Waals surface area contributed by atoms with E-state index in [-0.39, 0.29) is 43.0 Å². The van der Waals surface area contributed by atoms with Crippen molar-refractivity contribution in [1.82, 2.24) is 29.8 Å². The molecular weight excluding hydrogens is 1070 g/mol. The minimum Gasteiger partial charge on any atom is -0.477 e. The highest BCUT2D eigenvalue weighted by Gasteiger charge is 2.56. The number of aromatic carboxylic acids is 1. The maximum atomic E-state index is 15.7. The van der Waals surface area contributed by atoms with Crippen LogP contribution in [0.15, 0.2) is 53.6 Å². The summed E-state index contributed by atoms with van der Waals surface area (Å²) in [6.07, 6.45) is -18.0. The van der Waals surface area contributed by atoms with Crippen LogP contribution in [0.3, 0.4) is 0 Å². The van der Waals surface area contributed by atoms with Gasteiger partial charge in [-0.2, -0.15) is 0 Å². The van der Waals surface area contributed by atoms with Gasteiger partial charge in [0.15, 0.2) is 25.0 Å². The molecule has 2 aromatic heterocycles. The van der Waals surface area contributed by atoms with Gasteiger partial charge in [0.05, 0.1) is 48.7 Å². The second-order valence-electron chi connectivity index (χ2n) is 21.8. The van der Waals surface area contributed by atoms with E-state index < -0.39 is 139 Å². The normalized spacial score (nSPS) is 35.8. The largest absolute Gasteiger partial charge is 0.477 e. The van der Waals surface area contributed by atoms with Gasteiger partial charge in [-0.1, -0.05) is 29.5 Å². The Labute approximate surface area is 462 Å². The number of hydrogen-bond acceptors (Lipinski definition) is 25. The fraction of sp³-hybridized carbons (Fsp3) is 0.627. The lowest BCUT2D eigenvalue weighted by molar-refractivity contribution is -0.306. The first-order valence-corrected chi connectivity index (χ1v) is 27.0. The number of aromatic nitrogens is 4. The third-order valence-electron chi connectivity index (χ3n) is 16.1. The first-order chi connectivity index (χ1) is 38.7. The number of ether oxygens (including phenoxy) is 6. The van der Waals surface area contributed by atoms with Gasteiger partial charge >= 0.3 is 5.97 Å². The molecular formula is C51H72FN13O16. The van der Waals surface area contributed by atoms with Gasteiger partial charge in [-0.3, -0.25) is 14.5 Å². The van der Waals surface area contributed by atoms with E-state index >= 15 is 4.39 Å². The summed E-state index contributed by atoms with van der Waals surface area (Å²) >= 11 is 0. The summed E-state index contributed by atoms with van der Waals surface area (Å²) in [6, 6.07) is 6.08. The molecule has 2 aromatic carbocycles. The monoisotopic (exact) mass is 1140 g/mol. The number of carboxylic acids is 1. The topological polar surface area (TPSA) is 458 Å². The van der Waals surface area contributed by atoms with Gasteiger partial charge in [0.1, 0.15) is 78.1 Å². The molecule has 2 saturated carbocycles. The van der Waals surface area contributed by atoms with Crippen LogP contribution in [0.1, 0.15) is 52.5 Å². The zero-order valence-electron chi connectivity index (χ0n) is 44.0. The van der Waals surface area contributed by atoms with E-state index in [0.717, 1.165) is 30.0 Å². The quantitative estimate of drug-likeness (QED) is 0.0441. The van der Waals surface area contributed by atoms with E-state index in [1.165, 1.54) is 6.20 Å². The van der Waals surface area contributed by atoms with Crippen molar-refractivity contribution in [2.24, 2.45) is 34.4 Å². The third-order valence-corrected chi connectivity index (χ3v) is 16.1. The third kappa shape index (κ3) is 12.2. The maximum Gasteiger partial charge on any atom is 0.341 e. The van der Waals surface area contributed by atoms with E-state index in [1.807, 2.05) is 29.2 Å². The molecule has 30 heteroatoms. The molecule has 0 spiro atoms. The predicted molar refractivity (Wildman–Crippen MR) is 280 cm³/mol. The summed E-state index contributed by atoms with van der Waals surface area (Å²) in [5.41, 5.74) is 38.8. The number of piperazine rings is 1. The summed E-state index contributed by atoms with van der Waals surface area (Å²) in [7, 11) is 0. The number of nitrogens with two attached hydrogens (primary N) is 6. The number of rotatable bonds is 18. The number of aliphatic hydroxyl groups is 6. The summed E-state index contributed by atoms with van der Waals surface area (Å²) in [5, 5.41) is 86.6. The predicted octanol–water partition coefficient (Wildman–Crippen LogP) is -6.12. The van der Waals surface area contributed by atoms with E-state index in [2.05, 4.69) is 20.5 Å². The van der Waals surface area contributed by atoms with Gasteiger partial charge in [0, 0.05) is 75.5 Å². The molecule has 0 radical (unpaired) electrons. The smallest absolute Gasteiger partial charge is 0.341 e. The van der Waals surface area contributed by atoms with Crippen molar-refractivity contribution in [2.45, 2.75) is 161 Å². The molecule has 81 heavy (non-hydrogen) atoms. The second-order valence-corrected chi connectivity index (χ2v) is 21.8. The van der Waals surface area contributed by atoms with Gasteiger partial charge < -0.3 is 113 Å². The Balaban J connectivity index is 0.781. The van der Waals surface area contributed by atoms with E-state index in [9.17, 15) is 50.1 Å². The highest BCUT2D eigenvalue weighted by molar-refractivity contribution is 5.93. The average molecular weight is 1140 g/mol. The number of carbonyl (C=O) groups excluding carboxylic acids is 1. The van der Waals surface area contributed by atoms with Crippen LogP contribution in [-0.4, -0.2) is 228 Å². The van der Waals surface area contributed by atoms with Crippen LogP contribution in [-0.2, 0) is 52.8 Å². The molecule has 0 unspecified atom stereocenters. The molecule has 4 aliphatic heterocycles. The minimum absolute atomic E-state index is 0.00307. The average Bonchev–Trinajstić information content (AvgIpc) is 4.23. The Bertz CT molecular complexity index is 2930. The number of hydrogen-bond donors (Lipinski definition) is 14. The first kappa shape index (κ1) is 58.9. The zero-order chi connectivity index (χ0) is 57.7. The molecule has 10 rings (SSSR count). The fourth-order valence-electron chi connectivity index (χ4n) is 11.3. The summed E-state index contributed by atoms with van der Waals surface area (Å²) in [6.45, 7) is 2.50. The van der Waals surface area contributed by atoms with Crippen LogP contribution < -0.4 is 50.0 Å². The zero-order valence-corrected chi connectivity index (χ0v) is 44.0. The molecule has 4 aromatic rings. The highest BCUT2D eigenvalue weighted by Crippen LogP contribution is 2.39. The fourth-order valence-corrected chi connectivity index (χ4v) is 11.3. The van der Waals surface area contributed by atoms with Crippen molar-refractivity contribution in [1.29, 1.82) is 0 Å². The van der Waals surface area contributed by atoms with E-state index in [1.54, 1.807) is 21.5 Å². The van der Waals surface area contributed by atoms with Crippen LogP contribution in [0, 0.1) is 5.82 Å². The standard InChI is InChI=1S/C51H72FN13O16/c52-27-11-25-30(65(24-4-5-24)20-26(36(25)66)48(74)75)13-31(27)63-8-6-62(7-9-63)17-21-2-1-3-22(10-21)18-64-19-23(60-61-64)16-59-47(73)46-45(79-50-35(58)41(71)39(69)33(15-54)77-50)42(72)51(81-46)80-44-37(67)28(55)12-29(56)43(44)78-49-34(57)40(70)38(68)32(14-53)76-49/h1-3,10-11,13,19-20,24,28-29,32-35,37-46,49-51,67-72H,4-9,12,14-18,53-58H2,(H,59,73)(H,74,75)/t28-,29+,32-,33+,34-,35-,37+,38-,39-,40-,41-,42-,43-,44-,45+,46+,49-,50+,51-/m1/s1. The molecule has 0 bridgehead atoms. The van der Waals surface area contributed by atoms with Gasteiger partial charge in [-0.15, -0.1) is 5.10 Å². The number of nitrogens with zero attached hydrogens (tertiary/aromatic N) is 6. The Morgan fingerprint density at radius 2 is 1.35 bits per heavy atom. The van der Waals surface area contributed by atoms with Crippen molar-refractivity contribution in [3.63, 3.8) is 0 Å². The number of aliphatic hydroxyl groups excluding tert-OH is 6. The molecule has 444 valence electrons. The molecule has 20 N–H and O–H groups in total. The first-order valence-electron chi connectivity index (χ1n) is 27.0. The Morgan fingerprint density at radius 3 is 1.96 bits per heavy atom. The second kappa shape index (κ2) is 24.5. The molecule has 1 amide bonds. The van der Waals surface area contributed by atoms with Crippen molar-refractivity contribution in [2.75, 3.05) is 44.2 Å².